The van der Waals surface area contributed by atoms with Crippen LogP contribution in [0.25, 0.3) is 11.3 Å². The standard InChI is InChI=1S/C19H17NO2/c21-19-20(12-13-22-19)18-16-9-5-4-8-15(16)10-11-17(18)14-6-2-1-3-7-14/h1-9H,10-13H2. The van der Waals surface area contributed by atoms with E-state index in [1.807, 2.05) is 24.3 Å². The number of aryl methyl sites for hydroxylation is 1. The molecule has 2 aromatic rings. The fourth-order valence-corrected chi connectivity index (χ4v) is 3.34. The van der Waals surface area contributed by atoms with Gasteiger partial charge in [0, 0.05) is 5.56 Å². The number of allylic oxidation sites excluding steroid dienone is 1. The second kappa shape index (κ2) is 5.34. The summed E-state index contributed by atoms with van der Waals surface area (Å²) >= 11 is 0. The third kappa shape index (κ3) is 2.10. The maximum absolute atomic E-state index is 12.1. The second-order valence-corrected chi connectivity index (χ2v) is 5.62. The molecule has 0 atom stereocenters. The van der Waals surface area contributed by atoms with Crippen LogP contribution in [-0.4, -0.2) is 24.1 Å². The second-order valence-electron chi connectivity index (χ2n) is 5.62. The van der Waals surface area contributed by atoms with Crippen LogP contribution in [0.4, 0.5) is 4.79 Å². The highest BCUT2D eigenvalue weighted by Gasteiger charge is 2.31. The first-order chi connectivity index (χ1) is 10.8. The molecule has 1 fully saturated rings. The molecule has 0 spiro atoms. The van der Waals surface area contributed by atoms with Crippen molar-refractivity contribution in [3.8, 4) is 0 Å². The van der Waals surface area contributed by atoms with Crippen LogP contribution in [0.15, 0.2) is 54.6 Å². The molecule has 0 radical (unpaired) electrons. The number of hydrogen-bond acceptors (Lipinski definition) is 2. The van der Waals surface area contributed by atoms with E-state index in [4.69, 9.17) is 4.74 Å². The Bertz CT molecular complexity index is 749. The first-order valence-electron chi connectivity index (χ1n) is 7.66. The van der Waals surface area contributed by atoms with Gasteiger partial charge in [-0.3, -0.25) is 4.90 Å². The molecule has 2 aromatic carbocycles. The summed E-state index contributed by atoms with van der Waals surface area (Å²) in [6.45, 7) is 1.09. The lowest BCUT2D eigenvalue weighted by atomic mass is 9.85. The molecule has 0 saturated carbocycles. The topological polar surface area (TPSA) is 29.5 Å². The molecule has 0 aromatic heterocycles. The van der Waals surface area contributed by atoms with Crippen molar-refractivity contribution in [3.05, 3.63) is 71.3 Å². The molecule has 0 unspecified atom stereocenters. The summed E-state index contributed by atoms with van der Waals surface area (Å²) in [5, 5.41) is 0. The Hall–Kier alpha value is -2.55. The Labute approximate surface area is 129 Å². The van der Waals surface area contributed by atoms with E-state index in [1.165, 1.54) is 16.7 Å². The number of cyclic esters (lactones) is 1. The summed E-state index contributed by atoms with van der Waals surface area (Å²) in [7, 11) is 0. The van der Waals surface area contributed by atoms with Gasteiger partial charge in [0.2, 0.25) is 0 Å². The number of rotatable bonds is 2. The first-order valence-corrected chi connectivity index (χ1v) is 7.66. The summed E-state index contributed by atoms with van der Waals surface area (Å²) in [5.74, 6) is 0. The number of amides is 1. The van der Waals surface area contributed by atoms with E-state index in [9.17, 15) is 4.79 Å². The molecule has 22 heavy (non-hydrogen) atoms. The summed E-state index contributed by atoms with van der Waals surface area (Å²) in [6.07, 6.45) is 1.72. The molecule has 0 bridgehead atoms. The number of nitrogens with zero attached hydrogens (tertiary/aromatic N) is 1. The van der Waals surface area contributed by atoms with Crippen LogP contribution in [-0.2, 0) is 11.2 Å². The minimum Gasteiger partial charge on any atom is -0.447 e. The third-order valence-corrected chi connectivity index (χ3v) is 4.36. The van der Waals surface area contributed by atoms with Crippen molar-refractivity contribution in [1.29, 1.82) is 0 Å². The average molecular weight is 291 g/mol. The minimum atomic E-state index is -0.236. The molecule has 3 heteroatoms. The molecular weight excluding hydrogens is 274 g/mol. The van der Waals surface area contributed by atoms with Gasteiger partial charge < -0.3 is 4.74 Å². The smallest absolute Gasteiger partial charge is 0.414 e. The molecule has 4 rings (SSSR count). The van der Waals surface area contributed by atoms with E-state index in [0.717, 1.165) is 24.1 Å². The summed E-state index contributed by atoms with van der Waals surface area (Å²) < 4.78 is 5.17. The van der Waals surface area contributed by atoms with E-state index in [0.29, 0.717) is 13.2 Å². The van der Waals surface area contributed by atoms with Gasteiger partial charge >= 0.3 is 6.09 Å². The lowest BCUT2D eigenvalue weighted by Crippen LogP contribution is -2.26. The van der Waals surface area contributed by atoms with Gasteiger partial charge in [-0.05, 0) is 29.5 Å². The van der Waals surface area contributed by atoms with Crippen molar-refractivity contribution in [2.24, 2.45) is 0 Å². The van der Waals surface area contributed by atoms with Crippen LogP contribution >= 0.6 is 0 Å². The third-order valence-electron chi connectivity index (χ3n) is 4.36. The van der Waals surface area contributed by atoms with Gasteiger partial charge in [0.05, 0.1) is 12.2 Å². The van der Waals surface area contributed by atoms with Crippen molar-refractivity contribution in [3.63, 3.8) is 0 Å². The van der Waals surface area contributed by atoms with Crippen LogP contribution in [0.1, 0.15) is 23.1 Å². The molecule has 1 saturated heterocycles. The monoisotopic (exact) mass is 291 g/mol. The van der Waals surface area contributed by atoms with Crippen LogP contribution in [0.3, 0.4) is 0 Å². The van der Waals surface area contributed by atoms with Crippen molar-refractivity contribution < 1.29 is 9.53 Å². The predicted molar refractivity (Wildman–Crippen MR) is 86.1 cm³/mol. The molecule has 1 aliphatic heterocycles. The van der Waals surface area contributed by atoms with E-state index < -0.39 is 0 Å². The van der Waals surface area contributed by atoms with Gasteiger partial charge in [-0.1, -0.05) is 54.6 Å². The van der Waals surface area contributed by atoms with Crippen LogP contribution < -0.4 is 0 Å². The van der Waals surface area contributed by atoms with Gasteiger partial charge in [0.15, 0.2) is 0 Å². The van der Waals surface area contributed by atoms with Crippen molar-refractivity contribution in [2.45, 2.75) is 12.8 Å². The minimum absolute atomic E-state index is 0.236. The number of carbonyl (C=O) groups excluding carboxylic acids is 1. The Kier molecular flexibility index (Phi) is 3.19. The molecular formula is C19H17NO2. The highest BCUT2D eigenvalue weighted by molar-refractivity contribution is 5.98. The first kappa shape index (κ1) is 13.1. The van der Waals surface area contributed by atoms with Gasteiger partial charge in [-0.15, -0.1) is 0 Å². The normalized spacial score (nSPS) is 17.5. The molecule has 110 valence electrons. The zero-order chi connectivity index (χ0) is 14.9. The molecule has 1 heterocycles. The lowest BCUT2D eigenvalue weighted by molar-refractivity contribution is 0.167. The molecule has 0 N–H and O–H groups in total. The highest BCUT2D eigenvalue weighted by atomic mass is 16.6. The van der Waals surface area contributed by atoms with E-state index >= 15 is 0 Å². The van der Waals surface area contributed by atoms with Gasteiger partial charge in [-0.2, -0.15) is 0 Å². The molecule has 3 nitrogen and oxygen atoms in total. The highest BCUT2D eigenvalue weighted by Crippen LogP contribution is 2.39. The predicted octanol–water partition coefficient (Wildman–Crippen LogP) is 3.95. The van der Waals surface area contributed by atoms with E-state index in [2.05, 4.69) is 30.3 Å². The zero-order valence-corrected chi connectivity index (χ0v) is 12.3. The fraction of sp³-hybridized carbons (Fsp3) is 0.211. The van der Waals surface area contributed by atoms with E-state index in [-0.39, 0.29) is 6.09 Å². The van der Waals surface area contributed by atoms with Crippen molar-refractivity contribution in [2.75, 3.05) is 13.2 Å². The Morgan fingerprint density at radius 2 is 1.68 bits per heavy atom. The van der Waals surface area contributed by atoms with Gasteiger partial charge in [0.1, 0.15) is 6.61 Å². The van der Waals surface area contributed by atoms with Gasteiger partial charge in [-0.25, -0.2) is 4.79 Å². The summed E-state index contributed by atoms with van der Waals surface area (Å²) in [4.78, 5) is 13.9. The number of ether oxygens (including phenoxy) is 1. The number of hydrogen-bond donors (Lipinski definition) is 0. The molecule has 1 amide bonds. The van der Waals surface area contributed by atoms with Crippen molar-refractivity contribution >= 4 is 17.4 Å². The quantitative estimate of drug-likeness (QED) is 0.838. The number of carbonyl (C=O) groups is 1. The largest absolute Gasteiger partial charge is 0.447 e. The lowest BCUT2D eigenvalue weighted by Gasteiger charge is -2.28. The summed E-state index contributed by atoms with van der Waals surface area (Å²) in [6, 6.07) is 18.7. The molecule has 2 aliphatic rings. The zero-order valence-electron chi connectivity index (χ0n) is 12.3. The maximum Gasteiger partial charge on any atom is 0.414 e. The summed E-state index contributed by atoms with van der Waals surface area (Å²) in [5.41, 5.74) is 5.91. The molecule has 1 aliphatic carbocycles. The Morgan fingerprint density at radius 1 is 0.909 bits per heavy atom. The average Bonchev–Trinajstić information content (AvgIpc) is 3.00. The Morgan fingerprint density at radius 3 is 2.45 bits per heavy atom. The van der Waals surface area contributed by atoms with Crippen molar-refractivity contribution in [1.82, 2.24) is 4.90 Å². The van der Waals surface area contributed by atoms with Crippen LogP contribution in [0.2, 0.25) is 0 Å². The van der Waals surface area contributed by atoms with Crippen LogP contribution in [0, 0.1) is 0 Å². The van der Waals surface area contributed by atoms with Gasteiger partial charge in [0.25, 0.3) is 0 Å². The number of benzene rings is 2. The SMILES string of the molecule is O=C1OCCN1C1=C(c2ccccc2)CCc2ccccc21. The van der Waals surface area contributed by atoms with Crippen LogP contribution in [0.5, 0.6) is 0 Å². The maximum atomic E-state index is 12.1. The van der Waals surface area contributed by atoms with E-state index in [1.54, 1.807) is 4.90 Å². The number of fused-ring (bicyclic) bond motifs is 1. The fourth-order valence-electron chi connectivity index (χ4n) is 3.34. The Balaban J connectivity index is 1.93.